The molecular weight excluding hydrogens is 246 g/mol. The zero-order valence-corrected chi connectivity index (χ0v) is 11.8. The van der Waals surface area contributed by atoms with Gasteiger partial charge in [0.05, 0.1) is 11.0 Å². The van der Waals surface area contributed by atoms with Crippen molar-refractivity contribution in [3.05, 3.63) is 29.6 Å². The molecule has 0 amide bonds. The van der Waals surface area contributed by atoms with E-state index < -0.39 is 11.6 Å². The molecule has 1 aromatic heterocycles. The molecule has 4 heteroatoms. The summed E-state index contributed by atoms with van der Waals surface area (Å²) in [5.74, 6) is -0.439. The predicted octanol–water partition coefficient (Wildman–Crippen LogP) is 4.46. The SMILES string of the molecule is CC(Cc1nc2cc(F)c(F)cc2[nH]1)CC(C)(C)C. The van der Waals surface area contributed by atoms with Crippen LogP contribution in [0, 0.1) is 23.0 Å². The second-order valence-electron chi connectivity index (χ2n) is 6.54. The first-order chi connectivity index (χ1) is 8.74. The lowest BCUT2D eigenvalue weighted by Gasteiger charge is -2.22. The van der Waals surface area contributed by atoms with Crippen LogP contribution in [0.3, 0.4) is 0 Å². The van der Waals surface area contributed by atoms with Gasteiger partial charge in [-0.2, -0.15) is 0 Å². The molecule has 0 fully saturated rings. The lowest BCUT2D eigenvalue weighted by Crippen LogP contribution is -2.13. The summed E-state index contributed by atoms with van der Waals surface area (Å²) >= 11 is 0. The number of halogens is 2. The molecule has 0 aliphatic heterocycles. The van der Waals surface area contributed by atoms with Gasteiger partial charge in [-0.15, -0.1) is 0 Å². The molecule has 2 rings (SSSR count). The first-order valence-electron chi connectivity index (χ1n) is 6.58. The number of nitrogens with one attached hydrogen (secondary N) is 1. The van der Waals surface area contributed by atoms with E-state index in [4.69, 9.17) is 0 Å². The van der Waals surface area contributed by atoms with Crippen LogP contribution in [-0.2, 0) is 6.42 Å². The number of fused-ring (bicyclic) bond motifs is 1. The van der Waals surface area contributed by atoms with Crippen molar-refractivity contribution in [1.82, 2.24) is 9.97 Å². The van der Waals surface area contributed by atoms with E-state index in [1.54, 1.807) is 0 Å². The molecule has 1 N–H and O–H groups in total. The van der Waals surface area contributed by atoms with Crippen LogP contribution in [0.1, 0.15) is 39.9 Å². The lowest BCUT2D eigenvalue weighted by molar-refractivity contribution is 0.304. The van der Waals surface area contributed by atoms with Gasteiger partial charge in [0.15, 0.2) is 11.6 Å². The molecule has 2 nitrogen and oxygen atoms in total. The molecule has 104 valence electrons. The smallest absolute Gasteiger partial charge is 0.161 e. The average Bonchev–Trinajstić information content (AvgIpc) is 2.56. The topological polar surface area (TPSA) is 28.7 Å². The summed E-state index contributed by atoms with van der Waals surface area (Å²) in [7, 11) is 0. The second-order valence-corrected chi connectivity index (χ2v) is 6.54. The zero-order valence-electron chi connectivity index (χ0n) is 11.8. The Bertz CT molecular complexity index is 543. The van der Waals surface area contributed by atoms with Crippen LogP contribution in [0.4, 0.5) is 8.78 Å². The minimum Gasteiger partial charge on any atom is -0.342 e. The van der Waals surface area contributed by atoms with Crippen molar-refractivity contribution in [2.45, 2.75) is 40.5 Å². The summed E-state index contributed by atoms with van der Waals surface area (Å²) in [6, 6.07) is 2.30. The van der Waals surface area contributed by atoms with Crippen LogP contribution < -0.4 is 0 Å². The van der Waals surface area contributed by atoms with Crippen molar-refractivity contribution in [3.63, 3.8) is 0 Å². The molecule has 0 aliphatic rings. The number of hydrogen-bond acceptors (Lipinski definition) is 1. The first-order valence-corrected chi connectivity index (χ1v) is 6.58. The van der Waals surface area contributed by atoms with E-state index in [0.29, 0.717) is 17.0 Å². The molecule has 19 heavy (non-hydrogen) atoms. The summed E-state index contributed by atoms with van der Waals surface area (Å²) in [4.78, 5) is 7.38. The van der Waals surface area contributed by atoms with E-state index in [9.17, 15) is 8.78 Å². The third-order valence-corrected chi connectivity index (χ3v) is 3.08. The Morgan fingerprint density at radius 1 is 1.21 bits per heavy atom. The number of nitrogens with zero attached hydrogens (tertiary/aromatic N) is 1. The van der Waals surface area contributed by atoms with E-state index in [0.717, 1.165) is 30.8 Å². The summed E-state index contributed by atoms with van der Waals surface area (Å²) in [6.45, 7) is 8.77. The van der Waals surface area contributed by atoms with Crippen molar-refractivity contribution >= 4 is 11.0 Å². The molecule has 0 spiro atoms. The Balaban J connectivity index is 2.18. The Morgan fingerprint density at radius 3 is 2.47 bits per heavy atom. The summed E-state index contributed by atoms with van der Waals surface area (Å²) in [5, 5.41) is 0. The largest absolute Gasteiger partial charge is 0.342 e. The third kappa shape index (κ3) is 3.52. The number of aromatic amines is 1. The quantitative estimate of drug-likeness (QED) is 0.873. The van der Waals surface area contributed by atoms with E-state index >= 15 is 0 Å². The van der Waals surface area contributed by atoms with Crippen molar-refractivity contribution < 1.29 is 8.78 Å². The van der Waals surface area contributed by atoms with Gasteiger partial charge in [-0.1, -0.05) is 27.7 Å². The number of aromatic nitrogens is 2. The Kier molecular flexibility index (Phi) is 3.61. The maximum absolute atomic E-state index is 13.1. The van der Waals surface area contributed by atoms with E-state index in [-0.39, 0.29) is 5.41 Å². The van der Waals surface area contributed by atoms with Crippen molar-refractivity contribution in [3.8, 4) is 0 Å². The summed E-state index contributed by atoms with van der Waals surface area (Å²) in [5.41, 5.74) is 1.30. The van der Waals surface area contributed by atoms with Gasteiger partial charge in [0.2, 0.25) is 0 Å². The molecule has 1 atom stereocenters. The fourth-order valence-corrected chi connectivity index (χ4v) is 2.60. The Hall–Kier alpha value is -1.45. The van der Waals surface area contributed by atoms with Crippen LogP contribution in [-0.4, -0.2) is 9.97 Å². The fraction of sp³-hybridized carbons (Fsp3) is 0.533. The van der Waals surface area contributed by atoms with Gasteiger partial charge in [-0.05, 0) is 17.8 Å². The minimum absolute atomic E-state index is 0.268. The van der Waals surface area contributed by atoms with Crippen LogP contribution in [0.15, 0.2) is 12.1 Å². The summed E-state index contributed by atoms with van der Waals surface area (Å²) in [6.07, 6.45) is 1.86. The molecular formula is C15H20F2N2. The number of benzene rings is 1. The molecule has 0 bridgehead atoms. The summed E-state index contributed by atoms with van der Waals surface area (Å²) < 4.78 is 26.2. The van der Waals surface area contributed by atoms with Gasteiger partial charge in [0, 0.05) is 18.6 Å². The Labute approximate surface area is 112 Å². The van der Waals surface area contributed by atoms with Gasteiger partial charge in [0.1, 0.15) is 5.82 Å². The third-order valence-electron chi connectivity index (χ3n) is 3.08. The average molecular weight is 266 g/mol. The highest BCUT2D eigenvalue weighted by Gasteiger charge is 2.17. The maximum atomic E-state index is 13.1. The van der Waals surface area contributed by atoms with Crippen LogP contribution >= 0.6 is 0 Å². The zero-order chi connectivity index (χ0) is 14.2. The number of hydrogen-bond donors (Lipinski definition) is 1. The van der Waals surface area contributed by atoms with Gasteiger partial charge in [0.25, 0.3) is 0 Å². The van der Waals surface area contributed by atoms with Crippen molar-refractivity contribution in [2.75, 3.05) is 0 Å². The van der Waals surface area contributed by atoms with Gasteiger partial charge in [-0.3, -0.25) is 0 Å². The fourth-order valence-electron chi connectivity index (χ4n) is 2.60. The second kappa shape index (κ2) is 4.91. The molecule has 1 heterocycles. The van der Waals surface area contributed by atoms with Gasteiger partial charge in [-0.25, -0.2) is 13.8 Å². The molecule has 2 aromatic rings. The van der Waals surface area contributed by atoms with E-state index in [1.807, 2.05) is 0 Å². The highest BCUT2D eigenvalue weighted by atomic mass is 19.2. The van der Waals surface area contributed by atoms with Crippen molar-refractivity contribution in [2.24, 2.45) is 11.3 Å². The maximum Gasteiger partial charge on any atom is 0.161 e. The van der Waals surface area contributed by atoms with Crippen LogP contribution in [0.5, 0.6) is 0 Å². The molecule has 0 aliphatic carbocycles. The lowest BCUT2D eigenvalue weighted by atomic mass is 9.84. The number of H-pyrrole nitrogens is 1. The van der Waals surface area contributed by atoms with Crippen LogP contribution in [0.25, 0.3) is 11.0 Å². The molecule has 0 saturated carbocycles. The molecule has 1 aromatic carbocycles. The minimum atomic E-state index is -0.853. The van der Waals surface area contributed by atoms with E-state index in [2.05, 4.69) is 37.7 Å². The van der Waals surface area contributed by atoms with Crippen LogP contribution in [0.2, 0.25) is 0 Å². The monoisotopic (exact) mass is 266 g/mol. The number of imidazole rings is 1. The normalized spacial score (nSPS) is 14.0. The standard InChI is InChI=1S/C15H20F2N2/c1-9(8-15(2,3)4)5-14-18-12-6-10(16)11(17)7-13(12)19-14/h6-7,9H,5,8H2,1-4H3,(H,18,19). The number of rotatable bonds is 3. The van der Waals surface area contributed by atoms with E-state index in [1.165, 1.54) is 0 Å². The predicted molar refractivity (Wildman–Crippen MR) is 72.9 cm³/mol. The van der Waals surface area contributed by atoms with Gasteiger partial charge >= 0.3 is 0 Å². The van der Waals surface area contributed by atoms with Gasteiger partial charge < -0.3 is 4.98 Å². The first kappa shape index (κ1) is 14.0. The molecule has 0 saturated heterocycles. The Morgan fingerprint density at radius 2 is 1.84 bits per heavy atom. The molecule has 1 unspecified atom stereocenters. The molecule has 0 radical (unpaired) electrons. The highest BCUT2D eigenvalue weighted by molar-refractivity contribution is 5.75. The van der Waals surface area contributed by atoms with Crippen molar-refractivity contribution in [1.29, 1.82) is 0 Å². The highest BCUT2D eigenvalue weighted by Crippen LogP contribution is 2.26.